The molecule has 2 saturated heterocycles. The first-order valence-electron chi connectivity index (χ1n) is 11.9. The Kier molecular flexibility index (Phi) is 8.22. The molecule has 1 amide bonds. The van der Waals surface area contributed by atoms with Gasteiger partial charge in [-0.15, -0.1) is 0 Å². The zero-order valence-electron chi connectivity index (χ0n) is 20.6. The minimum atomic E-state index is -3.87. The van der Waals surface area contributed by atoms with Crippen LogP contribution in [0.15, 0.2) is 35.2 Å². The first kappa shape index (κ1) is 27.1. The van der Waals surface area contributed by atoms with Crippen molar-refractivity contribution in [2.24, 2.45) is 5.92 Å². The van der Waals surface area contributed by atoms with Crippen molar-refractivity contribution in [1.29, 1.82) is 0 Å². The van der Waals surface area contributed by atoms with Crippen molar-refractivity contribution in [3.63, 3.8) is 0 Å². The molecule has 0 unspecified atom stereocenters. The second-order valence-electron chi connectivity index (χ2n) is 8.98. The summed E-state index contributed by atoms with van der Waals surface area (Å²) in [6.07, 6.45) is 0.956. The van der Waals surface area contributed by atoms with E-state index in [2.05, 4.69) is 5.32 Å². The van der Waals surface area contributed by atoms with Gasteiger partial charge in [-0.25, -0.2) is 8.42 Å². The van der Waals surface area contributed by atoms with Crippen LogP contribution in [-0.4, -0.2) is 70.1 Å². The fraction of sp³-hybridized carbons (Fsp3) is 0.458. The van der Waals surface area contributed by atoms with Crippen LogP contribution in [0.5, 0.6) is 5.75 Å². The van der Waals surface area contributed by atoms with Crippen LogP contribution < -0.4 is 15.0 Å². The van der Waals surface area contributed by atoms with Crippen molar-refractivity contribution < 1.29 is 27.6 Å². The predicted molar refractivity (Wildman–Crippen MR) is 139 cm³/mol. The van der Waals surface area contributed by atoms with Gasteiger partial charge in [-0.2, -0.15) is 4.31 Å². The van der Waals surface area contributed by atoms with Crippen LogP contribution in [0.4, 0.5) is 17.1 Å². The van der Waals surface area contributed by atoms with Crippen LogP contribution in [0, 0.1) is 23.0 Å². The first-order valence-corrected chi connectivity index (χ1v) is 13.7. The number of halogens is 1. The quantitative estimate of drug-likeness (QED) is 0.408. The van der Waals surface area contributed by atoms with Gasteiger partial charge in [0.2, 0.25) is 15.9 Å². The number of piperidine rings is 1. The fourth-order valence-corrected chi connectivity index (χ4v) is 6.14. The number of nitro benzene ring substituents is 1. The Labute approximate surface area is 220 Å². The normalized spacial score (nSPS) is 17.4. The summed E-state index contributed by atoms with van der Waals surface area (Å²) in [5.74, 6) is 0.00206. The number of sulfonamides is 1. The molecule has 37 heavy (non-hydrogen) atoms. The highest BCUT2D eigenvalue weighted by atomic mass is 35.5. The van der Waals surface area contributed by atoms with Crippen molar-refractivity contribution in [3.05, 3.63) is 51.0 Å². The molecule has 0 aromatic heterocycles. The lowest BCUT2D eigenvalue weighted by molar-refractivity contribution is -0.384. The molecular weight excluding hydrogens is 524 g/mol. The largest absolute Gasteiger partial charge is 0.495 e. The zero-order chi connectivity index (χ0) is 26.7. The van der Waals surface area contributed by atoms with E-state index in [1.54, 1.807) is 12.1 Å². The monoisotopic (exact) mass is 552 g/mol. The van der Waals surface area contributed by atoms with Crippen molar-refractivity contribution in [3.8, 4) is 5.75 Å². The molecule has 2 fully saturated rings. The highest BCUT2D eigenvalue weighted by molar-refractivity contribution is 7.89. The summed E-state index contributed by atoms with van der Waals surface area (Å²) < 4.78 is 37.8. The van der Waals surface area contributed by atoms with Gasteiger partial charge in [0, 0.05) is 49.3 Å². The number of ether oxygens (including phenoxy) is 2. The van der Waals surface area contributed by atoms with Crippen LogP contribution >= 0.6 is 11.6 Å². The number of hydrogen-bond donors (Lipinski definition) is 1. The van der Waals surface area contributed by atoms with Gasteiger partial charge < -0.3 is 19.7 Å². The highest BCUT2D eigenvalue weighted by Crippen LogP contribution is 2.35. The van der Waals surface area contributed by atoms with Crippen molar-refractivity contribution >= 4 is 44.6 Å². The van der Waals surface area contributed by atoms with E-state index in [1.165, 1.54) is 23.5 Å². The molecule has 0 aliphatic carbocycles. The second-order valence-corrected chi connectivity index (χ2v) is 11.3. The van der Waals surface area contributed by atoms with Gasteiger partial charge in [0.15, 0.2) is 0 Å². The number of nitrogens with one attached hydrogen (secondary N) is 1. The van der Waals surface area contributed by atoms with Crippen molar-refractivity contribution in [2.45, 2.75) is 24.7 Å². The summed E-state index contributed by atoms with van der Waals surface area (Å²) in [7, 11) is -2.37. The van der Waals surface area contributed by atoms with Crippen LogP contribution in [-0.2, 0) is 19.6 Å². The number of morpholine rings is 1. The molecule has 2 aromatic carbocycles. The molecule has 2 heterocycles. The van der Waals surface area contributed by atoms with E-state index in [0.29, 0.717) is 48.1 Å². The van der Waals surface area contributed by atoms with Crippen LogP contribution in [0.1, 0.15) is 18.4 Å². The van der Waals surface area contributed by atoms with E-state index >= 15 is 0 Å². The summed E-state index contributed by atoms with van der Waals surface area (Å²) in [6, 6.07) is 7.41. The third-order valence-corrected chi connectivity index (χ3v) is 9.00. The Morgan fingerprint density at radius 3 is 2.46 bits per heavy atom. The number of nitrogens with zero attached hydrogens (tertiary/aromatic N) is 3. The van der Waals surface area contributed by atoms with Crippen LogP contribution in [0.25, 0.3) is 0 Å². The molecule has 2 aromatic rings. The molecular formula is C24H29ClN4O7S. The summed E-state index contributed by atoms with van der Waals surface area (Å²) in [5.41, 5.74) is 1.39. The van der Waals surface area contributed by atoms with Crippen molar-refractivity contribution in [1.82, 2.24) is 4.31 Å². The van der Waals surface area contributed by atoms with Crippen molar-refractivity contribution in [2.75, 3.05) is 56.7 Å². The molecule has 4 rings (SSSR count). The standard InChI is InChI=1S/C24H29ClN4O7S/c1-16-13-20(23(35-2)15-19(16)25)26-24(30)17-5-7-27(8-6-17)21-4-3-18(14-22(21)29(31)32)37(33,34)28-9-11-36-12-10-28/h3-4,13-15,17H,5-12H2,1-2H3,(H,26,30). The number of hydrogen-bond acceptors (Lipinski definition) is 8. The molecule has 1 N–H and O–H groups in total. The number of methoxy groups -OCH3 is 1. The number of nitro groups is 1. The molecule has 0 radical (unpaired) electrons. The van der Waals surface area contributed by atoms with Gasteiger partial charge in [-0.1, -0.05) is 11.6 Å². The number of amides is 1. The van der Waals surface area contributed by atoms with Gasteiger partial charge in [0.1, 0.15) is 11.4 Å². The smallest absolute Gasteiger partial charge is 0.293 e. The lowest BCUT2D eigenvalue weighted by Gasteiger charge is -2.33. The van der Waals surface area contributed by atoms with E-state index in [4.69, 9.17) is 21.1 Å². The number of carbonyl (C=O) groups excluding carboxylic acids is 1. The lowest BCUT2D eigenvalue weighted by Crippen LogP contribution is -2.40. The van der Waals surface area contributed by atoms with Gasteiger partial charge in [0.05, 0.1) is 35.8 Å². The molecule has 2 aliphatic heterocycles. The number of aryl methyl sites for hydroxylation is 1. The maximum Gasteiger partial charge on any atom is 0.293 e. The molecule has 0 saturated carbocycles. The Balaban J connectivity index is 1.46. The first-order chi connectivity index (χ1) is 17.6. The Hall–Kier alpha value is -2.93. The van der Waals surface area contributed by atoms with E-state index in [9.17, 15) is 23.3 Å². The molecule has 2 aliphatic rings. The van der Waals surface area contributed by atoms with Gasteiger partial charge >= 0.3 is 0 Å². The SMILES string of the molecule is COc1cc(Cl)c(C)cc1NC(=O)C1CCN(c2ccc(S(=O)(=O)N3CCOCC3)cc2[N+](=O)[O-])CC1. The molecule has 0 bridgehead atoms. The Morgan fingerprint density at radius 1 is 1.16 bits per heavy atom. The molecule has 0 spiro atoms. The fourth-order valence-electron chi connectivity index (χ4n) is 4.56. The summed E-state index contributed by atoms with van der Waals surface area (Å²) in [4.78, 5) is 26.0. The average Bonchev–Trinajstić information content (AvgIpc) is 2.90. The third-order valence-electron chi connectivity index (χ3n) is 6.70. The average molecular weight is 553 g/mol. The van der Waals surface area contributed by atoms with Crippen LogP contribution in [0.3, 0.4) is 0 Å². The van der Waals surface area contributed by atoms with Crippen LogP contribution in [0.2, 0.25) is 5.02 Å². The number of anilines is 2. The number of carbonyl (C=O) groups is 1. The minimum absolute atomic E-state index is 0.119. The topological polar surface area (TPSA) is 131 Å². The second kappa shape index (κ2) is 11.2. The summed E-state index contributed by atoms with van der Waals surface area (Å²) in [5, 5.41) is 15.3. The predicted octanol–water partition coefficient (Wildman–Crippen LogP) is 3.44. The van der Waals surface area contributed by atoms with Gasteiger partial charge in [-0.3, -0.25) is 14.9 Å². The van der Waals surface area contributed by atoms with Gasteiger partial charge in [-0.05, 0) is 43.5 Å². The van der Waals surface area contributed by atoms with E-state index in [1.807, 2.05) is 11.8 Å². The maximum atomic E-state index is 13.0. The maximum absolute atomic E-state index is 13.0. The molecule has 11 nitrogen and oxygen atoms in total. The molecule has 200 valence electrons. The third kappa shape index (κ3) is 5.82. The molecule has 0 atom stereocenters. The summed E-state index contributed by atoms with van der Waals surface area (Å²) in [6.45, 7) is 3.62. The zero-order valence-corrected chi connectivity index (χ0v) is 22.2. The van der Waals surface area contributed by atoms with E-state index < -0.39 is 14.9 Å². The number of benzene rings is 2. The lowest BCUT2D eigenvalue weighted by atomic mass is 9.95. The van der Waals surface area contributed by atoms with Gasteiger partial charge in [0.25, 0.3) is 5.69 Å². The molecule has 13 heteroatoms. The Bertz CT molecular complexity index is 1290. The minimum Gasteiger partial charge on any atom is -0.495 e. The van der Waals surface area contributed by atoms with E-state index in [0.717, 1.165) is 11.6 Å². The highest BCUT2D eigenvalue weighted by Gasteiger charge is 2.32. The van der Waals surface area contributed by atoms with E-state index in [-0.39, 0.29) is 48.7 Å². The Morgan fingerprint density at radius 2 is 1.84 bits per heavy atom. The number of rotatable bonds is 7. The summed E-state index contributed by atoms with van der Waals surface area (Å²) >= 11 is 6.15.